The van der Waals surface area contributed by atoms with Crippen molar-refractivity contribution in [3.63, 3.8) is 0 Å². The number of carbonyl (C=O) groups is 1. The van der Waals surface area contributed by atoms with Crippen LogP contribution in [0, 0.1) is 5.92 Å². The first-order chi connectivity index (χ1) is 12.9. The van der Waals surface area contributed by atoms with E-state index >= 15 is 0 Å². The number of hydrogen-bond donors (Lipinski definition) is 1. The molecule has 3 rings (SSSR count). The number of likely N-dealkylation sites (N-methyl/N-ethyl adjacent to an activating group) is 1. The first-order valence-electron chi connectivity index (χ1n) is 9.14. The average molecular weight is 369 g/mol. The van der Waals surface area contributed by atoms with E-state index in [-0.39, 0.29) is 11.9 Å². The molecule has 7 nitrogen and oxygen atoms in total. The van der Waals surface area contributed by atoms with Crippen LogP contribution in [-0.4, -0.2) is 53.1 Å². The van der Waals surface area contributed by atoms with E-state index in [1.54, 1.807) is 25.4 Å². The number of carbonyl (C=O) groups excluding carboxylic acids is 1. The summed E-state index contributed by atoms with van der Waals surface area (Å²) in [5.41, 5.74) is 3.28. The number of aliphatic imine (C=N–C) groups is 1. The summed E-state index contributed by atoms with van der Waals surface area (Å²) >= 11 is 0. The Morgan fingerprint density at radius 2 is 2.07 bits per heavy atom. The van der Waals surface area contributed by atoms with Crippen LogP contribution in [0.4, 0.5) is 0 Å². The van der Waals surface area contributed by atoms with E-state index in [1.165, 1.54) is 0 Å². The van der Waals surface area contributed by atoms with Crippen molar-refractivity contribution >= 4 is 29.0 Å². The lowest BCUT2D eigenvalue weighted by atomic mass is 10.0. The molecule has 1 N–H and O–H groups in total. The number of rotatable bonds is 6. The van der Waals surface area contributed by atoms with Gasteiger partial charge in [-0.25, -0.2) is 9.98 Å². The van der Waals surface area contributed by atoms with Crippen molar-refractivity contribution in [3.05, 3.63) is 35.8 Å². The van der Waals surface area contributed by atoms with Crippen molar-refractivity contribution in [2.24, 2.45) is 18.0 Å². The molecule has 1 aliphatic heterocycles. The zero-order valence-corrected chi connectivity index (χ0v) is 16.6. The van der Waals surface area contributed by atoms with Crippen LogP contribution in [-0.2, 0) is 16.6 Å². The van der Waals surface area contributed by atoms with Gasteiger partial charge >= 0.3 is 0 Å². The quantitative estimate of drug-likeness (QED) is 0.794. The average Bonchev–Trinajstić information content (AvgIpc) is 3.10. The number of guanidine groups is 1. The minimum Gasteiger partial charge on any atom is -0.383 e. The molecule has 0 saturated heterocycles. The fourth-order valence-corrected chi connectivity index (χ4v) is 3.24. The van der Waals surface area contributed by atoms with Gasteiger partial charge in [0.25, 0.3) is 5.91 Å². The van der Waals surface area contributed by atoms with Crippen LogP contribution in [0.25, 0.3) is 17.1 Å². The molecule has 2 heterocycles. The van der Waals surface area contributed by atoms with Crippen molar-refractivity contribution < 1.29 is 9.53 Å². The van der Waals surface area contributed by atoms with Gasteiger partial charge in [-0.3, -0.25) is 9.69 Å². The van der Waals surface area contributed by atoms with Crippen LogP contribution in [0.3, 0.4) is 0 Å². The largest absolute Gasteiger partial charge is 0.383 e. The lowest BCUT2D eigenvalue weighted by Crippen LogP contribution is -2.45. The molecule has 0 saturated carbocycles. The van der Waals surface area contributed by atoms with Gasteiger partial charge in [-0.15, -0.1) is 0 Å². The Labute approximate surface area is 159 Å². The van der Waals surface area contributed by atoms with E-state index in [0.717, 1.165) is 23.0 Å². The zero-order chi connectivity index (χ0) is 19.6. The number of amides is 1. The molecular formula is C20H27N5O2. The summed E-state index contributed by atoms with van der Waals surface area (Å²) in [7, 11) is 5.37. The minimum absolute atomic E-state index is 0.106. The predicted octanol–water partition coefficient (Wildman–Crippen LogP) is 2.39. The molecule has 0 fully saturated rings. The number of fused-ring (bicyclic) bond motifs is 1. The van der Waals surface area contributed by atoms with E-state index in [0.29, 0.717) is 24.2 Å². The summed E-state index contributed by atoms with van der Waals surface area (Å²) in [6.07, 6.45) is 4.53. The second-order valence-corrected chi connectivity index (χ2v) is 7.36. The Kier molecular flexibility index (Phi) is 5.60. The number of nitrogens with zero attached hydrogens (tertiary/aromatic N) is 4. The van der Waals surface area contributed by atoms with Gasteiger partial charge in [-0.2, -0.15) is 0 Å². The first kappa shape index (κ1) is 19.1. The van der Waals surface area contributed by atoms with E-state index in [2.05, 4.69) is 29.1 Å². The third kappa shape index (κ3) is 4.19. The molecular weight excluding hydrogens is 342 g/mol. The van der Waals surface area contributed by atoms with E-state index in [4.69, 9.17) is 4.74 Å². The topological polar surface area (TPSA) is 71.7 Å². The molecule has 1 aromatic heterocycles. The number of aromatic nitrogens is 2. The first-order valence-corrected chi connectivity index (χ1v) is 9.14. The molecule has 2 aromatic rings. The maximum absolute atomic E-state index is 12.6. The van der Waals surface area contributed by atoms with Crippen molar-refractivity contribution in [1.29, 1.82) is 0 Å². The summed E-state index contributed by atoms with van der Waals surface area (Å²) in [4.78, 5) is 23.0. The van der Waals surface area contributed by atoms with Crippen LogP contribution in [0.5, 0.6) is 0 Å². The van der Waals surface area contributed by atoms with Gasteiger partial charge in [0, 0.05) is 21.2 Å². The minimum atomic E-state index is -0.122. The number of aryl methyl sites for hydroxylation is 1. The highest BCUT2D eigenvalue weighted by Gasteiger charge is 2.28. The summed E-state index contributed by atoms with van der Waals surface area (Å²) < 4.78 is 7.26. The molecule has 0 spiro atoms. The summed E-state index contributed by atoms with van der Waals surface area (Å²) in [6.45, 7) is 4.89. The van der Waals surface area contributed by atoms with Crippen molar-refractivity contribution in [3.8, 4) is 0 Å². The number of benzene rings is 1. The lowest BCUT2D eigenvalue weighted by molar-refractivity contribution is -0.121. The molecule has 1 amide bonds. The van der Waals surface area contributed by atoms with Crippen molar-refractivity contribution in [2.75, 3.05) is 20.8 Å². The third-order valence-electron chi connectivity index (χ3n) is 4.58. The number of hydrogen-bond acceptors (Lipinski definition) is 5. The Morgan fingerprint density at radius 1 is 1.30 bits per heavy atom. The Morgan fingerprint density at radius 3 is 2.78 bits per heavy atom. The van der Waals surface area contributed by atoms with E-state index < -0.39 is 0 Å². The smallest absolute Gasteiger partial charge is 0.279 e. The predicted molar refractivity (Wildman–Crippen MR) is 107 cm³/mol. The molecule has 144 valence electrons. The van der Waals surface area contributed by atoms with Crippen LogP contribution < -0.4 is 5.32 Å². The van der Waals surface area contributed by atoms with Crippen molar-refractivity contribution in [1.82, 2.24) is 19.8 Å². The Bertz CT molecular complexity index is 897. The summed E-state index contributed by atoms with van der Waals surface area (Å²) in [5.74, 6) is 0.958. The van der Waals surface area contributed by atoms with Crippen molar-refractivity contribution in [2.45, 2.75) is 26.3 Å². The molecule has 0 radical (unpaired) electrons. The molecule has 7 heteroatoms. The maximum atomic E-state index is 12.6. The van der Waals surface area contributed by atoms with Crippen LogP contribution in [0.1, 0.15) is 25.8 Å². The normalized spacial score (nSPS) is 17.3. The van der Waals surface area contributed by atoms with E-state index in [1.807, 2.05) is 35.9 Å². The van der Waals surface area contributed by atoms with Gasteiger partial charge in [0.2, 0.25) is 5.96 Å². The number of imidazole rings is 1. The monoisotopic (exact) mass is 369 g/mol. The lowest BCUT2D eigenvalue weighted by Gasteiger charge is -2.23. The molecule has 1 atom stereocenters. The summed E-state index contributed by atoms with van der Waals surface area (Å²) in [5, 5.41) is 3.35. The highest BCUT2D eigenvalue weighted by Crippen LogP contribution is 2.20. The number of methoxy groups -OCH3 is 1. The Balaban J connectivity index is 1.85. The molecule has 0 bridgehead atoms. The standard InChI is InChI=1S/C20H27N5O2/c1-13(2)8-15(11-27-5)22-20-23-17(19(26)25(20)4)9-14-6-7-16-18(10-14)24(3)12-21-16/h6-7,9-10,12-13,15H,8,11H2,1-5H3,(H,22,23)/b17-9-. The highest BCUT2D eigenvalue weighted by molar-refractivity contribution is 6.13. The second kappa shape index (κ2) is 7.92. The van der Waals surface area contributed by atoms with Crippen LogP contribution >= 0.6 is 0 Å². The number of ether oxygens (including phenoxy) is 1. The molecule has 1 aliphatic rings. The zero-order valence-electron chi connectivity index (χ0n) is 16.6. The van der Waals surface area contributed by atoms with Gasteiger partial charge in [0.15, 0.2) is 0 Å². The fourth-order valence-electron chi connectivity index (χ4n) is 3.24. The van der Waals surface area contributed by atoms with Gasteiger partial charge in [-0.05, 0) is 36.1 Å². The van der Waals surface area contributed by atoms with Gasteiger partial charge in [0.1, 0.15) is 5.70 Å². The Hall–Kier alpha value is -2.67. The fraction of sp³-hybridized carbons (Fsp3) is 0.450. The van der Waals surface area contributed by atoms with Gasteiger partial charge in [-0.1, -0.05) is 19.9 Å². The molecule has 27 heavy (non-hydrogen) atoms. The number of nitrogens with one attached hydrogen (secondary N) is 1. The molecule has 1 unspecified atom stereocenters. The van der Waals surface area contributed by atoms with Gasteiger partial charge < -0.3 is 14.6 Å². The van der Waals surface area contributed by atoms with Crippen LogP contribution in [0.2, 0.25) is 0 Å². The van der Waals surface area contributed by atoms with E-state index in [9.17, 15) is 4.79 Å². The third-order valence-corrected chi connectivity index (χ3v) is 4.58. The SMILES string of the molecule is COCC(CC(C)C)NC1=N/C(=C\c2ccc3ncn(C)c3c2)C(=O)N1C. The van der Waals surface area contributed by atoms with Crippen LogP contribution in [0.15, 0.2) is 35.2 Å². The molecule has 1 aromatic carbocycles. The highest BCUT2D eigenvalue weighted by atomic mass is 16.5. The van der Waals surface area contributed by atoms with Gasteiger partial charge in [0.05, 0.1) is 30.0 Å². The maximum Gasteiger partial charge on any atom is 0.279 e. The molecule has 0 aliphatic carbocycles. The second-order valence-electron chi connectivity index (χ2n) is 7.36. The summed E-state index contributed by atoms with van der Waals surface area (Å²) in [6, 6.07) is 6.01.